The number of aliphatic hydroxyl groups is 1. The number of nitrogens with one attached hydrogen (secondary N) is 2. The van der Waals surface area contributed by atoms with Gasteiger partial charge in [-0.3, -0.25) is 9.78 Å². The first-order valence-electron chi connectivity index (χ1n) is 10.4. The lowest BCUT2D eigenvalue weighted by molar-refractivity contribution is -0.128. The van der Waals surface area contributed by atoms with Gasteiger partial charge in [0.25, 0.3) is 0 Å². The number of thiophene rings is 1. The molecule has 0 spiro atoms. The number of pyridine rings is 1. The number of hydrogen-bond acceptors (Lipinski definition) is 5. The van der Waals surface area contributed by atoms with Gasteiger partial charge in [-0.2, -0.15) is 0 Å². The van der Waals surface area contributed by atoms with Gasteiger partial charge < -0.3 is 20.6 Å². The maximum atomic E-state index is 12.4. The summed E-state index contributed by atoms with van der Waals surface area (Å²) in [5.74, 6) is 0.437. The highest BCUT2D eigenvalue weighted by molar-refractivity contribution is 7.19. The fourth-order valence-corrected chi connectivity index (χ4v) is 4.07. The number of aromatic nitrogens is 1. The van der Waals surface area contributed by atoms with Gasteiger partial charge in [-0.25, -0.2) is 4.99 Å². The van der Waals surface area contributed by atoms with Crippen LogP contribution in [0.15, 0.2) is 59.7 Å². The van der Waals surface area contributed by atoms with Crippen LogP contribution in [0.1, 0.15) is 23.6 Å². The Hall–Kier alpha value is -2.97. The van der Waals surface area contributed by atoms with Gasteiger partial charge in [0.2, 0.25) is 5.91 Å². The van der Waals surface area contributed by atoms with Gasteiger partial charge in [0, 0.05) is 54.6 Å². The topological polar surface area (TPSA) is 89.9 Å². The number of carbonyl (C=O) groups excluding carboxylic acids is 1. The minimum absolute atomic E-state index is 0.0348. The quantitative estimate of drug-likeness (QED) is 0.352. The van der Waals surface area contributed by atoms with Crippen LogP contribution >= 0.6 is 11.3 Å². The minimum Gasteiger partial charge on any atom is -0.386 e. The van der Waals surface area contributed by atoms with Gasteiger partial charge in [0.05, 0.1) is 0 Å². The lowest BCUT2D eigenvalue weighted by atomic mass is 10.2. The third kappa shape index (κ3) is 6.77. The molecule has 0 saturated carbocycles. The van der Waals surface area contributed by atoms with E-state index in [1.54, 1.807) is 29.5 Å². The van der Waals surface area contributed by atoms with Crippen molar-refractivity contribution in [2.75, 3.05) is 33.2 Å². The van der Waals surface area contributed by atoms with E-state index >= 15 is 0 Å². The fourth-order valence-electron chi connectivity index (χ4n) is 3.02. The Kier molecular flexibility index (Phi) is 8.37. The van der Waals surface area contributed by atoms with Gasteiger partial charge in [0.15, 0.2) is 5.96 Å². The van der Waals surface area contributed by atoms with E-state index in [1.807, 2.05) is 55.5 Å². The monoisotopic (exact) mass is 439 g/mol. The maximum absolute atomic E-state index is 12.4. The van der Waals surface area contributed by atoms with Crippen LogP contribution in [0.3, 0.4) is 0 Å². The number of benzene rings is 1. The second kappa shape index (κ2) is 11.4. The zero-order valence-corrected chi connectivity index (χ0v) is 18.7. The second-order valence-corrected chi connectivity index (χ2v) is 8.28. The first-order chi connectivity index (χ1) is 15.1. The van der Waals surface area contributed by atoms with E-state index in [-0.39, 0.29) is 12.5 Å². The Balaban J connectivity index is 1.50. The van der Waals surface area contributed by atoms with Crippen LogP contribution in [0, 0.1) is 0 Å². The number of carbonyl (C=O) groups is 1. The molecule has 1 amide bonds. The van der Waals surface area contributed by atoms with E-state index in [1.165, 1.54) is 0 Å². The van der Waals surface area contributed by atoms with Gasteiger partial charge in [-0.05, 0) is 36.6 Å². The molecule has 0 saturated heterocycles. The Morgan fingerprint density at radius 1 is 1.23 bits per heavy atom. The number of hydrogen-bond donors (Lipinski definition) is 3. The first kappa shape index (κ1) is 22.7. The highest BCUT2D eigenvalue weighted by Gasteiger charge is 2.13. The van der Waals surface area contributed by atoms with Crippen molar-refractivity contribution in [3.63, 3.8) is 0 Å². The smallest absolute Gasteiger partial charge is 0.244 e. The zero-order valence-electron chi connectivity index (χ0n) is 17.9. The Labute approximate surface area is 186 Å². The lowest BCUT2D eigenvalue weighted by Gasteiger charge is -2.17. The van der Waals surface area contributed by atoms with Crippen molar-refractivity contribution in [2.45, 2.75) is 19.4 Å². The summed E-state index contributed by atoms with van der Waals surface area (Å²) in [6.45, 7) is 3.55. The molecule has 3 aromatic rings. The second-order valence-electron chi connectivity index (χ2n) is 7.16. The number of nitrogens with zero attached hydrogens (tertiary/aromatic N) is 3. The molecule has 0 fully saturated rings. The van der Waals surface area contributed by atoms with Crippen molar-refractivity contribution < 1.29 is 9.90 Å². The summed E-state index contributed by atoms with van der Waals surface area (Å²) >= 11 is 1.58. The Bertz CT molecular complexity index is 972. The molecule has 1 aromatic carbocycles. The number of amides is 1. The summed E-state index contributed by atoms with van der Waals surface area (Å²) in [5, 5.41) is 17.9. The van der Waals surface area contributed by atoms with E-state index in [4.69, 9.17) is 0 Å². The summed E-state index contributed by atoms with van der Waals surface area (Å²) in [7, 11) is 1.77. The van der Waals surface area contributed by atoms with Crippen LogP contribution in [0.25, 0.3) is 10.1 Å². The number of aliphatic imine (C=N–C) groups is 1. The summed E-state index contributed by atoms with van der Waals surface area (Å²) in [4.78, 5) is 23.6. The van der Waals surface area contributed by atoms with Gasteiger partial charge >= 0.3 is 0 Å². The van der Waals surface area contributed by atoms with E-state index in [0.29, 0.717) is 32.0 Å². The molecular weight excluding hydrogens is 410 g/mol. The molecule has 3 N–H and O–H groups in total. The van der Waals surface area contributed by atoms with Crippen molar-refractivity contribution in [2.24, 2.45) is 4.99 Å². The van der Waals surface area contributed by atoms with Crippen LogP contribution < -0.4 is 10.6 Å². The number of aliphatic hydroxyl groups excluding tert-OH is 1. The third-order valence-electron chi connectivity index (χ3n) is 4.81. The lowest BCUT2D eigenvalue weighted by Crippen LogP contribution is -2.40. The predicted octanol–water partition coefficient (Wildman–Crippen LogP) is 2.59. The van der Waals surface area contributed by atoms with Crippen molar-refractivity contribution >= 4 is 33.3 Å². The molecule has 3 rings (SSSR count). The summed E-state index contributed by atoms with van der Waals surface area (Å²) in [5.41, 5.74) is 0.955. The molecule has 2 aromatic heterocycles. The van der Waals surface area contributed by atoms with Crippen LogP contribution in [-0.4, -0.2) is 60.1 Å². The van der Waals surface area contributed by atoms with E-state index in [0.717, 1.165) is 20.7 Å². The van der Waals surface area contributed by atoms with Crippen molar-refractivity contribution in [3.05, 3.63) is 65.3 Å². The zero-order chi connectivity index (χ0) is 22.1. The number of guanidine groups is 1. The molecule has 0 bridgehead atoms. The third-order valence-corrected chi connectivity index (χ3v) is 6.03. The molecule has 0 aliphatic heterocycles. The van der Waals surface area contributed by atoms with Crippen LogP contribution in [0.4, 0.5) is 0 Å². The summed E-state index contributed by atoms with van der Waals surface area (Å²) in [6, 6.07) is 15.8. The van der Waals surface area contributed by atoms with Crippen molar-refractivity contribution in [3.8, 4) is 0 Å². The molecule has 1 atom stereocenters. The molecular formula is C23H29N5O2S. The average molecular weight is 440 g/mol. The molecule has 31 heavy (non-hydrogen) atoms. The number of fused-ring (bicyclic) bond motifs is 1. The fraction of sp³-hybridized carbons (Fsp3) is 0.348. The average Bonchev–Trinajstić information content (AvgIpc) is 3.24. The van der Waals surface area contributed by atoms with Gasteiger partial charge in [0.1, 0.15) is 12.6 Å². The highest BCUT2D eigenvalue weighted by atomic mass is 32.1. The number of likely N-dealkylation sites (N-methyl/N-ethyl adjacent to an activating group) is 1. The summed E-state index contributed by atoms with van der Waals surface area (Å²) in [6.07, 6.45) is 1.80. The molecule has 0 aliphatic rings. The minimum atomic E-state index is -0.655. The molecule has 8 heteroatoms. The van der Waals surface area contributed by atoms with Crippen molar-refractivity contribution in [1.82, 2.24) is 20.5 Å². The van der Waals surface area contributed by atoms with Gasteiger partial charge in [-0.15, -0.1) is 11.3 Å². The molecule has 0 aliphatic carbocycles. The highest BCUT2D eigenvalue weighted by Crippen LogP contribution is 2.29. The molecule has 1 unspecified atom stereocenters. The molecule has 2 heterocycles. The normalized spacial score (nSPS) is 12.5. The van der Waals surface area contributed by atoms with Gasteiger partial charge in [-0.1, -0.05) is 24.3 Å². The molecule has 164 valence electrons. The SMILES string of the molecule is CCNC(=NCC(=O)N(C)CCc1ccccn1)NCC(O)c1cc2ccccc2s1. The number of rotatable bonds is 9. The van der Waals surface area contributed by atoms with E-state index in [9.17, 15) is 9.90 Å². The first-order valence-corrected chi connectivity index (χ1v) is 11.2. The van der Waals surface area contributed by atoms with Crippen LogP contribution in [0.5, 0.6) is 0 Å². The largest absolute Gasteiger partial charge is 0.386 e. The molecule has 7 nitrogen and oxygen atoms in total. The maximum Gasteiger partial charge on any atom is 0.244 e. The molecule has 0 radical (unpaired) electrons. The Morgan fingerprint density at radius 2 is 2.03 bits per heavy atom. The van der Waals surface area contributed by atoms with Crippen LogP contribution in [-0.2, 0) is 11.2 Å². The van der Waals surface area contributed by atoms with Crippen LogP contribution in [0.2, 0.25) is 0 Å². The van der Waals surface area contributed by atoms with E-state index < -0.39 is 6.10 Å². The van der Waals surface area contributed by atoms with E-state index in [2.05, 4.69) is 20.6 Å². The van der Waals surface area contributed by atoms with Crippen molar-refractivity contribution in [1.29, 1.82) is 0 Å². The Morgan fingerprint density at radius 3 is 2.77 bits per heavy atom. The predicted molar refractivity (Wildman–Crippen MR) is 126 cm³/mol. The standard InChI is InChI=1S/C23H29N5O2S/c1-3-24-23(26-15-19(29)21-14-17-8-4-5-10-20(17)31-21)27-16-22(30)28(2)13-11-18-9-6-7-12-25-18/h4-10,12,14,19,29H,3,11,13,15-16H2,1-2H3,(H2,24,26,27). The summed E-state index contributed by atoms with van der Waals surface area (Å²) < 4.78 is 1.15.